The fourth-order valence-corrected chi connectivity index (χ4v) is 3.26. The Morgan fingerprint density at radius 1 is 0.923 bits per heavy atom. The summed E-state index contributed by atoms with van der Waals surface area (Å²) in [6, 6.07) is 15.9. The van der Waals surface area contributed by atoms with E-state index in [2.05, 4.69) is 29.2 Å². The number of hydrogen-bond acceptors (Lipinski definition) is 4. The Kier molecular flexibility index (Phi) is 6.12. The van der Waals surface area contributed by atoms with Crippen molar-refractivity contribution in [3.05, 3.63) is 59.7 Å². The maximum atomic E-state index is 12.8. The molecule has 1 heterocycles. The van der Waals surface area contributed by atoms with E-state index in [0.717, 1.165) is 39.1 Å². The molecule has 5 nitrogen and oxygen atoms in total. The van der Waals surface area contributed by atoms with Gasteiger partial charge in [0.1, 0.15) is 0 Å². The van der Waals surface area contributed by atoms with Crippen molar-refractivity contribution >= 4 is 5.91 Å². The molecule has 2 aromatic carbocycles. The molecule has 0 unspecified atom stereocenters. The Morgan fingerprint density at radius 2 is 1.62 bits per heavy atom. The van der Waals surface area contributed by atoms with Crippen LogP contribution in [0.3, 0.4) is 0 Å². The van der Waals surface area contributed by atoms with Crippen molar-refractivity contribution in [2.45, 2.75) is 6.42 Å². The zero-order chi connectivity index (χ0) is 18.4. The van der Waals surface area contributed by atoms with E-state index in [1.807, 2.05) is 11.0 Å². The minimum absolute atomic E-state index is 0.0497. The van der Waals surface area contributed by atoms with Gasteiger partial charge in [0.2, 0.25) is 0 Å². The molecule has 0 bridgehead atoms. The van der Waals surface area contributed by atoms with Crippen LogP contribution in [0, 0.1) is 0 Å². The SMILES string of the molecule is COc1ccc(C(=O)N2CCN(CCc3ccccc3)CC2)cc1OC. The summed E-state index contributed by atoms with van der Waals surface area (Å²) in [7, 11) is 3.17. The molecule has 0 N–H and O–H groups in total. The molecule has 3 rings (SSSR count). The normalized spacial score (nSPS) is 14.9. The van der Waals surface area contributed by atoms with Crippen molar-refractivity contribution in [3.63, 3.8) is 0 Å². The predicted molar refractivity (Wildman–Crippen MR) is 102 cm³/mol. The van der Waals surface area contributed by atoms with E-state index in [1.165, 1.54) is 5.56 Å². The molecule has 0 radical (unpaired) electrons. The Hall–Kier alpha value is -2.53. The maximum Gasteiger partial charge on any atom is 0.254 e. The lowest BCUT2D eigenvalue weighted by molar-refractivity contribution is 0.0638. The number of rotatable bonds is 6. The van der Waals surface area contributed by atoms with Crippen LogP contribution in [0.1, 0.15) is 15.9 Å². The number of methoxy groups -OCH3 is 2. The van der Waals surface area contributed by atoms with E-state index in [9.17, 15) is 4.79 Å². The number of ether oxygens (including phenoxy) is 2. The largest absolute Gasteiger partial charge is 0.493 e. The third-order valence-electron chi connectivity index (χ3n) is 4.85. The first kappa shape index (κ1) is 18.3. The van der Waals surface area contributed by atoms with Gasteiger partial charge in [-0.25, -0.2) is 0 Å². The van der Waals surface area contributed by atoms with E-state index >= 15 is 0 Å². The molecule has 0 aromatic heterocycles. The molecule has 0 spiro atoms. The Morgan fingerprint density at radius 3 is 2.27 bits per heavy atom. The topological polar surface area (TPSA) is 42.0 Å². The summed E-state index contributed by atoms with van der Waals surface area (Å²) in [6.07, 6.45) is 1.05. The molecule has 1 aliphatic rings. The van der Waals surface area contributed by atoms with Crippen LogP contribution in [0.4, 0.5) is 0 Å². The molecule has 1 amide bonds. The number of carbonyl (C=O) groups excluding carboxylic acids is 1. The van der Waals surface area contributed by atoms with Gasteiger partial charge < -0.3 is 14.4 Å². The number of carbonyl (C=O) groups is 1. The molecule has 0 atom stereocenters. The Labute approximate surface area is 155 Å². The van der Waals surface area contributed by atoms with Crippen LogP contribution in [0.5, 0.6) is 11.5 Å². The maximum absolute atomic E-state index is 12.8. The summed E-state index contributed by atoms with van der Waals surface area (Å²) in [5.41, 5.74) is 2.00. The molecule has 1 fully saturated rings. The standard InChI is InChI=1S/C21H26N2O3/c1-25-19-9-8-18(16-20(19)26-2)21(24)23-14-12-22(13-15-23)11-10-17-6-4-3-5-7-17/h3-9,16H,10-15H2,1-2H3. The summed E-state index contributed by atoms with van der Waals surface area (Å²) >= 11 is 0. The van der Waals surface area contributed by atoms with Crippen LogP contribution in [0.15, 0.2) is 48.5 Å². The lowest BCUT2D eigenvalue weighted by atomic mass is 10.1. The average molecular weight is 354 g/mol. The van der Waals surface area contributed by atoms with Gasteiger partial charge >= 0.3 is 0 Å². The quantitative estimate of drug-likeness (QED) is 0.800. The summed E-state index contributed by atoms with van der Waals surface area (Å²) < 4.78 is 10.5. The number of piperazine rings is 1. The smallest absolute Gasteiger partial charge is 0.254 e. The molecule has 1 aliphatic heterocycles. The van der Waals surface area contributed by atoms with E-state index in [1.54, 1.807) is 32.4 Å². The molecule has 26 heavy (non-hydrogen) atoms. The van der Waals surface area contributed by atoms with Gasteiger partial charge in [-0.3, -0.25) is 9.69 Å². The second-order valence-electron chi connectivity index (χ2n) is 6.44. The Balaban J connectivity index is 1.53. The first-order valence-corrected chi connectivity index (χ1v) is 8.99. The van der Waals surface area contributed by atoms with Crippen molar-refractivity contribution in [1.29, 1.82) is 0 Å². The lowest BCUT2D eigenvalue weighted by Crippen LogP contribution is -2.49. The highest BCUT2D eigenvalue weighted by Crippen LogP contribution is 2.28. The highest BCUT2D eigenvalue weighted by Gasteiger charge is 2.22. The molecule has 0 saturated carbocycles. The van der Waals surface area contributed by atoms with Crippen LogP contribution in [0.2, 0.25) is 0 Å². The monoisotopic (exact) mass is 354 g/mol. The zero-order valence-corrected chi connectivity index (χ0v) is 15.5. The zero-order valence-electron chi connectivity index (χ0n) is 15.5. The van der Waals surface area contributed by atoms with Gasteiger partial charge in [0.15, 0.2) is 11.5 Å². The van der Waals surface area contributed by atoms with Crippen molar-refractivity contribution in [1.82, 2.24) is 9.80 Å². The first-order chi connectivity index (χ1) is 12.7. The van der Waals surface area contributed by atoms with Gasteiger partial charge in [-0.2, -0.15) is 0 Å². The third kappa shape index (κ3) is 4.35. The molecule has 138 valence electrons. The lowest BCUT2D eigenvalue weighted by Gasteiger charge is -2.34. The van der Waals surface area contributed by atoms with Crippen LogP contribution < -0.4 is 9.47 Å². The summed E-state index contributed by atoms with van der Waals surface area (Å²) in [5, 5.41) is 0. The van der Waals surface area contributed by atoms with Gasteiger partial charge in [0.05, 0.1) is 14.2 Å². The Bertz CT molecular complexity index is 725. The fourth-order valence-electron chi connectivity index (χ4n) is 3.26. The summed E-state index contributed by atoms with van der Waals surface area (Å²) in [5.74, 6) is 1.27. The number of benzene rings is 2. The molecule has 0 aliphatic carbocycles. The number of amides is 1. The summed E-state index contributed by atoms with van der Waals surface area (Å²) in [4.78, 5) is 17.1. The number of hydrogen-bond donors (Lipinski definition) is 0. The van der Waals surface area contributed by atoms with Gasteiger partial charge in [0, 0.05) is 38.3 Å². The average Bonchev–Trinajstić information content (AvgIpc) is 2.72. The highest BCUT2D eigenvalue weighted by atomic mass is 16.5. The predicted octanol–water partition coefficient (Wildman–Crippen LogP) is 2.70. The molecule has 2 aromatic rings. The molecular weight excluding hydrogens is 328 g/mol. The second kappa shape index (κ2) is 8.72. The van der Waals surface area contributed by atoms with Gasteiger partial charge in [-0.05, 0) is 30.2 Å². The van der Waals surface area contributed by atoms with Crippen LogP contribution in [0.25, 0.3) is 0 Å². The van der Waals surface area contributed by atoms with Crippen LogP contribution in [-0.4, -0.2) is 62.7 Å². The van der Waals surface area contributed by atoms with Crippen molar-refractivity contribution in [2.24, 2.45) is 0 Å². The molecule has 1 saturated heterocycles. The minimum atomic E-state index is 0.0497. The van der Waals surface area contributed by atoms with E-state index < -0.39 is 0 Å². The van der Waals surface area contributed by atoms with Crippen molar-refractivity contribution in [2.75, 3.05) is 46.9 Å². The highest BCUT2D eigenvalue weighted by molar-refractivity contribution is 5.95. The van der Waals surface area contributed by atoms with Gasteiger partial charge in [0.25, 0.3) is 5.91 Å². The van der Waals surface area contributed by atoms with Gasteiger partial charge in [-0.15, -0.1) is 0 Å². The van der Waals surface area contributed by atoms with Crippen molar-refractivity contribution in [3.8, 4) is 11.5 Å². The summed E-state index contributed by atoms with van der Waals surface area (Å²) in [6.45, 7) is 4.35. The number of nitrogens with zero attached hydrogens (tertiary/aromatic N) is 2. The molecule has 5 heteroatoms. The van der Waals surface area contributed by atoms with Crippen molar-refractivity contribution < 1.29 is 14.3 Å². The van der Waals surface area contributed by atoms with E-state index in [-0.39, 0.29) is 5.91 Å². The molecular formula is C21H26N2O3. The second-order valence-corrected chi connectivity index (χ2v) is 6.44. The van der Waals surface area contributed by atoms with Crippen LogP contribution >= 0.6 is 0 Å². The van der Waals surface area contributed by atoms with Crippen LogP contribution in [-0.2, 0) is 6.42 Å². The van der Waals surface area contributed by atoms with E-state index in [4.69, 9.17) is 9.47 Å². The van der Waals surface area contributed by atoms with E-state index in [0.29, 0.717) is 17.1 Å². The fraction of sp³-hybridized carbons (Fsp3) is 0.381. The van der Waals surface area contributed by atoms with Gasteiger partial charge in [-0.1, -0.05) is 30.3 Å². The first-order valence-electron chi connectivity index (χ1n) is 8.99. The third-order valence-corrected chi connectivity index (χ3v) is 4.85. The minimum Gasteiger partial charge on any atom is -0.493 e.